The minimum atomic E-state index is 0.136. The van der Waals surface area contributed by atoms with Gasteiger partial charge in [0.15, 0.2) is 0 Å². The molecule has 0 heterocycles. The summed E-state index contributed by atoms with van der Waals surface area (Å²) >= 11 is 0. The first-order chi connectivity index (χ1) is 7.86. The van der Waals surface area contributed by atoms with E-state index in [1.165, 1.54) is 0 Å². The predicted octanol–water partition coefficient (Wildman–Crippen LogP) is 2.38. The summed E-state index contributed by atoms with van der Waals surface area (Å²) < 4.78 is 4.68. The number of ether oxygens (including phenoxy) is 1. The van der Waals surface area contributed by atoms with E-state index in [2.05, 4.69) is 10.8 Å². The van der Waals surface area contributed by atoms with Gasteiger partial charge in [-0.05, 0) is 10.8 Å². The van der Waals surface area contributed by atoms with Gasteiger partial charge in [-0.3, -0.25) is 4.79 Å². The Balaban J connectivity index is 2.59. The number of fused-ring (bicyclic) bond motifs is 1. The number of carbonyl (C=O) groups is 1. The van der Waals surface area contributed by atoms with E-state index >= 15 is 0 Å². The molecule has 0 aromatic heterocycles. The number of hydrogen-bond acceptors (Lipinski definition) is 3. The second kappa shape index (κ2) is 4.45. The minimum Gasteiger partial charge on any atom is -0.463 e. The van der Waals surface area contributed by atoms with Gasteiger partial charge in [-0.25, -0.2) is 0 Å². The molecule has 0 N–H and O–H groups in total. The summed E-state index contributed by atoms with van der Waals surface area (Å²) in [4.78, 5) is 10.1. The van der Waals surface area contributed by atoms with Crippen LogP contribution in [0.1, 0.15) is 11.1 Å². The van der Waals surface area contributed by atoms with Crippen molar-refractivity contribution in [3.8, 4) is 6.07 Å². The monoisotopic (exact) mass is 211 g/mol. The van der Waals surface area contributed by atoms with E-state index in [1.807, 2.05) is 36.4 Å². The average molecular weight is 211 g/mol. The molecule has 0 radical (unpaired) electrons. The maximum Gasteiger partial charge on any atom is 0.293 e. The molecule has 78 valence electrons. The lowest BCUT2D eigenvalue weighted by atomic mass is 10.0. The first-order valence-corrected chi connectivity index (χ1v) is 4.83. The van der Waals surface area contributed by atoms with Crippen molar-refractivity contribution < 1.29 is 9.53 Å². The Morgan fingerprint density at radius 2 is 2.06 bits per heavy atom. The van der Waals surface area contributed by atoms with E-state index in [-0.39, 0.29) is 6.61 Å². The highest BCUT2D eigenvalue weighted by Gasteiger charge is 2.06. The number of nitrogens with zero attached hydrogens (tertiary/aromatic N) is 1. The van der Waals surface area contributed by atoms with Crippen molar-refractivity contribution in [3.05, 3.63) is 47.5 Å². The molecule has 0 saturated carbocycles. The molecule has 2 aromatic carbocycles. The summed E-state index contributed by atoms with van der Waals surface area (Å²) in [5.74, 6) is 0. The molecule has 0 fully saturated rings. The number of benzene rings is 2. The van der Waals surface area contributed by atoms with Gasteiger partial charge in [0.2, 0.25) is 0 Å². The van der Waals surface area contributed by atoms with Crippen LogP contribution in [-0.2, 0) is 16.1 Å². The Morgan fingerprint density at radius 1 is 1.25 bits per heavy atom. The third-order valence-electron chi connectivity index (χ3n) is 2.43. The van der Waals surface area contributed by atoms with Crippen molar-refractivity contribution in [2.75, 3.05) is 0 Å². The summed E-state index contributed by atoms with van der Waals surface area (Å²) in [6.45, 7) is 0.521. The zero-order chi connectivity index (χ0) is 11.4. The van der Waals surface area contributed by atoms with E-state index in [4.69, 9.17) is 5.26 Å². The fourth-order valence-corrected chi connectivity index (χ4v) is 1.69. The summed E-state index contributed by atoms with van der Waals surface area (Å²) in [5, 5.41) is 11.0. The Labute approximate surface area is 92.9 Å². The molecular formula is C13H9NO2. The molecule has 0 saturated heterocycles. The maximum atomic E-state index is 10.1. The van der Waals surface area contributed by atoms with E-state index in [0.29, 0.717) is 12.0 Å². The number of rotatable bonds is 3. The maximum absolute atomic E-state index is 10.1. The molecule has 16 heavy (non-hydrogen) atoms. The molecule has 2 rings (SSSR count). The van der Waals surface area contributed by atoms with Crippen molar-refractivity contribution >= 4 is 17.2 Å². The Kier molecular flexibility index (Phi) is 2.84. The van der Waals surface area contributed by atoms with Crippen LogP contribution in [-0.4, -0.2) is 6.47 Å². The van der Waals surface area contributed by atoms with Crippen molar-refractivity contribution in [2.24, 2.45) is 0 Å². The van der Waals surface area contributed by atoms with Crippen molar-refractivity contribution in [2.45, 2.75) is 6.61 Å². The zero-order valence-corrected chi connectivity index (χ0v) is 8.51. The largest absolute Gasteiger partial charge is 0.463 e. The van der Waals surface area contributed by atoms with Gasteiger partial charge in [0.25, 0.3) is 6.47 Å². The third kappa shape index (κ3) is 1.73. The summed E-state index contributed by atoms with van der Waals surface area (Å²) in [5.41, 5.74) is 1.30. The van der Waals surface area contributed by atoms with Crippen LogP contribution in [0.25, 0.3) is 10.8 Å². The van der Waals surface area contributed by atoms with Gasteiger partial charge in [-0.2, -0.15) is 5.26 Å². The Hall–Kier alpha value is -2.34. The lowest BCUT2D eigenvalue weighted by Gasteiger charge is -2.06. The molecule has 2 aromatic rings. The normalized spacial score (nSPS) is 9.69. The fraction of sp³-hybridized carbons (Fsp3) is 0.0769. The molecular weight excluding hydrogens is 202 g/mol. The molecule has 0 aliphatic rings. The van der Waals surface area contributed by atoms with E-state index in [9.17, 15) is 4.79 Å². The first-order valence-electron chi connectivity index (χ1n) is 4.83. The molecule has 0 spiro atoms. The van der Waals surface area contributed by atoms with Crippen LogP contribution in [0.15, 0.2) is 36.4 Å². The molecule has 0 atom stereocenters. The lowest BCUT2D eigenvalue weighted by molar-refractivity contribution is -0.129. The minimum absolute atomic E-state index is 0.136. The van der Waals surface area contributed by atoms with Crippen LogP contribution >= 0.6 is 0 Å². The van der Waals surface area contributed by atoms with Crippen LogP contribution in [0.3, 0.4) is 0 Å². The molecule has 0 aliphatic heterocycles. The summed E-state index contributed by atoms with van der Waals surface area (Å²) in [6, 6.07) is 13.5. The Bertz CT molecular complexity index is 570. The van der Waals surface area contributed by atoms with Crippen LogP contribution in [0.5, 0.6) is 0 Å². The highest BCUT2D eigenvalue weighted by molar-refractivity contribution is 5.88. The second-order valence-electron chi connectivity index (χ2n) is 3.34. The van der Waals surface area contributed by atoms with Gasteiger partial charge < -0.3 is 4.74 Å². The molecule has 3 heteroatoms. The molecule has 3 nitrogen and oxygen atoms in total. The lowest BCUT2D eigenvalue weighted by Crippen LogP contribution is -1.95. The van der Waals surface area contributed by atoms with Crippen molar-refractivity contribution in [1.29, 1.82) is 5.26 Å². The first kappa shape index (κ1) is 10.2. The third-order valence-corrected chi connectivity index (χ3v) is 2.43. The topological polar surface area (TPSA) is 50.1 Å². The SMILES string of the molecule is N#Cc1c(COC=O)ccc2ccccc12. The smallest absolute Gasteiger partial charge is 0.293 e. The van der Waals surface area contributed by atoms with Crippen LogP contribution < -0.4 is 0 Å². The van der Waals surface area contributed by atoms with Crippen LogP contribution in [0, 0.1) is 11.3 Å². The van der Waals surface area contributed by atoms with E-state index in [0.717, 1.165) is 16.3 Å². The molecule has 0 aliphatic carbocycles. The zero-order valence-electron chi connectivity index (χ0n) is 8.51. The average Bonchev–Trinajstić information content (AvgIpc) is 2.35. The van der Waals surface area contributed by atoms with Gasteiger partial charge in [0.1, 0.15) is 12.7 Å². The Morgan fingerprint density at radius 3 is 2.81 bits per heavy atom. The number of hydrogen-bond donors (Lipinski definition) is 0. The number of nitriles is 1. The highest BCUT2D eigenvalue weighted by Crippen LogP contribution is 2.22. The van der Waals surface area contributed by atoms with Gasteiger partial charge in [0.05, 0.1) is 5.56 Å². The summed E-state index contributed by atoms with van der Waals surface area (Å²) in [6.07, 6.45) is 0. The van der Waals surface area contributed by atoms with Gasteiger partial charge in [-0.15, -0.1) is 0 Å². The molecule has 0 bridgehead atoms. The standard InChI is InChI=1S/C13H9NO2/c14-7-13-11(8-16-9-15)6-5-10-3-1-2-4-12(10)13/h1-6,9H,8H2. The van der Waals surface area contributed by atoms with E-state index < -0.39 is 0 Å². The quantitative estimate of drug-likeness (QED) is 0.732. The van der Waals surface area contributed by atoms with Crippen LogP contribution in [0.2, 0.25) is 0 Å². The van der Waals surface area contributed by atoms with Gasteiger partial charge >= 0.3 is 0 Å². The predicted molar refractivity (Wildman–Crippen MR) is 59.5 cm³/mol. The van der Waals surface area contributed by atoms with Crippen LogP contribution in [0.4, 0.5) is 0 Å². The van der Waals surface area contributed by atoms with Gasteiger partial charge in [-0.1, -0.05) is 36.4 Å². The second-order valence-corrected chi connectivity index (χ2v) is 3.34. The number of carbonyl (C=O) groups excluding carboxylic acids is 1. The van der Waals surface area contributed by atoms with Gasteiger partial charge in [0, 0.05) is 5.56 Å². The fourth-order valence-electron chi connectivity index (χ4n) is 1.69. The summed E-state index contributed by atoms with van der Waals surface area (Å²) in [7, 11) is 0. The highest BCUT2D eigenvalue weighted by atomic mass is 16.5. The van der Waals surface area contributed by atoms with Crippen molar-refractivity contribution in [3.63, 3.8) is 0 Å². The van der Waals surface area contributed by atoms with E-state index in [1.54, 1.807) is 0 Å². The van der Waals surface area contributed by atoms with Crippen molar-refractivity contribution in [1.82, 2.24) is 0 Å². The molecule has 0 amide bonds. The molecule has 0 unspecified atom stereocenters.